The Morgan fingerprint density at radius 3 is 3.00 bits per heavy atom. The second-order valence-corrected chi connectivity index (χ2v) is 7.34. The summed E-state index contributed by atoms with van der Waals surface area (Å²) in [5, 5.41) is 4.86. The normalized spacial score (nSPS) is 23.9. The Labute approximate surface area is 160 Å². The smallest absolute Gasteiger partial charge is 0.193 e. The molecule has 0 spiro atoms. The summed E-state index contributed by atoms with van der Waals surface area (Å²) in [6.45, 7) is 4.25. The summed E-state index contributed by atoms with van der Waals surface area (Å²) in [5.74, 6) is 0.972. The van der Waals surface area contributed by atoms with E-state index in [0.717, 1.165) is 64.5 Å². The molecule has 2 aliphatic heterocycles. The third kappa shape index (κ3) is 4.28. The van der Waals surface area contributed by atoms with Crippen LogP contribution >= 0.6 is 0 Å². The molecule has 2 aromatic rings. The summed E-state index contributed by atoms with van der Waals surface area (Å²) in [6, 6.07) is 8.48. The first-order chi connectivity index (χ1) is 13.3. The lowest BCUT2D eigenvalue weighted by Crippen LogP contribution is -2.53. The van der Waals surface area contributed by atoms with E-state index in [-0.39, 0.29) is 12.2 Å². The van der Waals surface area contributed by atoms with E-state index < -0.39 is 0 Å². The maximum atomic E-state index is 5.95. The first kappa shape index (κ1) is 18.3. The van der Waals surface area contributed by atoms with Crippen LogP contribution in [0, 0.1) is 0 Å². The Morgan fingerprint density at radius 1 is 1.26 bits per heavy atom. The number of aromatic nitrogens is 1. The van der Waals surface area contributed by atoms with Crippen molar-refractivity contribution in [1.82, 2.24) is 15.2 Å². The van der Waals surface area contributed by atoms with Crippen LogP contribution in [0.3, 0.4) is 0 Å². The first-order valence-electron chi connectivity index (χ1n) is 10.1. The number of hydrogen-bond donors (Lipinski definition) is 2. The van der Waals surface area contributed by atoms with Gasteiger partial charge in [-0.2, -0.15) is 0 Å². The Balaban J connectivity index is 1.26. The zero-order chi connectivity index (χ0) is 18.5. The van der Waals surface area contributed by atoms with Crippen LogP contribution < -0.4 is 5.32 Å². The van der Waals surface area contributed by atoms with Crippen molar-refractivity contribution in [3.8, 4) is 0 Å². The van der Waals surface area contributed by atoms with Crippen molar-refractivity contribution in [2.24, 2.45) is 4.99 Å². The Hall–Kier alpha value is -2.05. The number of guanidine groups is 1. The molecular weight excluding hydrogens is 340 g/mol. The molecule has 1 aromatic carbocycles. The molecule has 146 valence electrons. The molecule has 27 heavy (non-hydrogen) atoms. The molecule has 6 nitrogen and oxygen atoms in total. The zero-order valence-electron chi connectivity index (χ0n) is 16.1. The van der Waals surface area contributed by atoms with Crippen LogP contribution in [0.15, 0.2) is 35.5 Å². The number of rotatable bonds is 5. The van der Waals surface area contributed by atoms with Crippen LogP contribution in [0.4, 0.5) is 0 Å². The second-order valence-electron chi connectivity index (χ2n) is 7.34. The molecule has 3 heterocycles. The molecule has 6 heteroatoms. The number of nitrogens with zero attached hydrogens (tertiary/aromatic N) is 2. The molecule has 0 aliphatic carbocycles. The van der Waals surface area contributed by atoms with Gasteiger partial charge in [0.1, 0.15) is 6.10 Å². The van der Waals surface area contributed by atoms with Gasteiger partial charge in [0, 0.05) is 50.4 Å². The van der Waals surface area contributed by atoms with Crippen LogP contribution in [-0.2, 0) is 15.9 Å². The predicted octanol–water partition coefficient (Wildman–Crippen LogP) is 2.56. The van der Waals surface area contributed by atoms with E-state index in [1.165, 1.54) is 16.5 Å². The fraction of sp³-hybridized carbons (Fsp3) is 0.571. The van der Waals surface area contributed by atoms with E-state index >= 15 is 0 Å². The highest BCUT2D eigenvalue weighted by Gasteiger charge is 2.32. The number of H-pyrrole nitrogens is 1. The van der Waals surface area contributed by atoms with Crippen molar-refractivity contribution >= 4 is 16.9 Å². The minimum absolute atomic E-state index is 0.158. The van der Waals surface area contributed by atoms with E-state index in [1.54, 1.807) is 0 Å². The minimum atomic E-state index is 0.158. The van der Waals surface area contributed by atoms with Crippen molar-refractivity contribution < 1.29 is 9.47 Å². The van der Waals surface area contributed by atoms with Gasteiger partial charge in [-0.15, -0.1) is 0 Å². The van der Waals surface area contributed by atoms with Crippen LogP contribution in [0.25, 0.3) is 10.9 Å². The van der Waals surface area contributed by atoms with Crippen LogP contribution in [0.5, 0.6) is 0 Å². The molecule has 2 atom stereocenters. The van der Waals surface area contributed by atoms with Crippen LogP contribution in [-0.4, -0.2) is 67.9 Å². The quantitative estimate of drug-likeness (QED) is 0.482. The summed E-state index contributed by atoms with van der Waals surface area (Å²) in [5.41, 5.74) is 2.59. The van der Waals surface area contributed by atoms with E-state index in [1.807, 2.05) is 7.05 Å². The summed E-state index contributed by atoms with van der Waals surface area (Å²) in [6.07, 6.45) is 6.91. The standard InChI is InChI=1S/C21H30N4O2/c1-22-21(25-11-13-27-20(15-25)19-9-5-12-26-19)23-10-4-6-16-14-24-18-8-3-2-7-17(16)18/h2-3,7-8,14,19-20,24H,4-6,9-13,15H2,1H3,(H,22,23). The molecular formula is C21H30N4O2. The number of aromatic amines is 1. The lowest BCUT2D eigenvalue weighted by Gasteiger charge is -2.37. The lowest BCUT2D eigenvalue weighted by molar-refractivity contribution is -0.0816. The maximum absolute atomic E-state index is 5.95. The summed E-state index contributed by atoms with van der Waals surface area (Å²) in [4.78, 5) is 10.1. The van der Waals surface area contributed by atoms with Gasteiger partial charge in [0.25, 0.3) is 0 Å². The van der Waals surface area contributed by atoms with Gasteiger partial charge in [-0.1, -0.05) is 18.2 Å². The Kier molecular flexibility index (Phi) is 5.94. The largest absolute Gasteiger partial charge is 0.375 e. The number of ether oxygens (including phenoxy) is 2. The molecule has 2 fully saturated rings. The highest BCUT2D eigenvalue weighted by Crippen LogP contribution is 2.21. The summed E-state index contributed by atoms with van der Waals surface area (Å²) in [7, 11) is 1.86. The van der Waals surface area contributed by atoms with Gasteiger partial charge in [0.15, 0.2) is 5.96 Å². The fourth-order valence-electron chi connectivity index (χ4n) is 4.14. The van der Waals surface area contributed by atoms with Gasteiger partial charge < -0.3 is 24.7 Å². The number of nitrogens with one attached hydrogen (secondary N) is 2. The van der Waals surface area contributed by atoms with Crippen molar-refractivity contribution in [3.63, 3.8) is 0 Å². The Morgan fingerprint density at radius 2 is 2.15 bits per heavy atom. The molecule has 0 radical (unpaired) electrons. The topological polar surface area (TPSA) is 61.9 Å². The maximum Gasteiger partial charge on any atom is 0.193 e. The zero-order valence-corrected chi connectivity index (χ0v) is 16.1. The van der Waals surface area contributed by atoms with E-state index in [9.17, 15) is 0 Å². The van der Waals surface area contributed by atoms with Gasteiger partial charge in [-0.25, -0.2) is 0 Å². The van der Waals surface area contributed by atoms with Crippen molar-refractivity contribution in [3.05, 3.63) is 36.0 Å². The van der Waals surface area contributed by atoms with Crippen LogP contribution in [0.2, 0.25) is 0 Å². The molecule has 0 amide bonds. The first-order valence-corrected chi connectivity index (χ1v) is 10.1. The molecule has 4 rings (SSSR count). The number of benzene rings is 1. The number of para-hydroxylation sites is 1. The van der Waals surface area contributed by atoms with Gasteiger partial charge in [0.05, 0.1) is 12.7 Å². The van der Waals surface area contributed by atoms with Crippen molar-refractivity contribution in [2.75, 3.05) is 39.9 Å². The minimum Gasteiger partial charge on any atom is -0.375 e. The second kappa shape index (κ2) is 8.76. The van der Waals surface area contributed by atoms with Gasteiger partial charge in [-0.3, -0.25) is 4.99 Å². The van der Waals surface area contributed by atoms with E-state index in [2.05, 4.69) is 50.7 Å². The molecule has 2 N–H and O–H groups in total. The molecule has 2 saturated heterocycles. The monoisotopic (exact) mass is 370 g/mol. The third-order valence-corrected chi connectivity index (χ3v) is 5.57. The molecule has 2 unspecified atom stereocenters. The predicted molar refractivity (Wildman–Crippen MR) is 108 cm³/mol. The van der Waals surface area contributed by atoms with Gasteiger partial charge in [0.2, 0.25) is 0 Å². The highest BCUT2D eigenvalue weighted by atomic mass is 16.5. The average Bonchev–Trinajstić information content (AvgIpc) is 3.39. The number of hydrogen-bond acceptors (Lipinski definition) is 3. The summed E-state index contributed by atoms with van der Waals surface area (Å²) < 4.78 is 11.8. The van der Waals surface area contributed by atoms with Crippen molar-refractivity contribution in [1.29, 1.82) is 0 Å². The SMILES string of the molecule is CN=C(NCCCc1c[nH]c2ccccc12)N1CCOC(C2CCCO2)C1. The number of morpholine rings is 1. The lowest BCUT2D eigenvalue weighted by atomic mass is 10.1. The average molecular weight is 370 g/mol. The number of aliphatic imine (C=N–C) groups is 1. The van der Waals surface area contributed by atoms with E-state index in [4.69, 9.17) is 9.47 Å². The highest BCUT2D eigenvalue weighted by molar-refractivity contribution is 5.83. The number of fused-ring (bicyclic) bond motifs is 1. The van der Waals surface area contributed by atoms with Gasteiger partial charge in [-0.05, 0) is 37.3 Å². The molecule has 0 bridgehead atoms. The summed E-state index contributed by atoms with van der Waals surface area (Å²) >= 11 is 0. The third-order valence-electron chi connectivity index (χ3n) is 5.57. The Bertz CT molecular complexity index is 766. The number of aryl methyl sites for hydroxylation is 1. The molecule has 0 saturated carbocycles. The van der Waals surface area contributed by atoms with Gasteiger partial charge >= 0.3 is 0 Å². The molecule has 1 aromatic heterocycles. The van der Waals surface area contributed by atoms with Crippen molar-refractivity contribution in [2.45, 2.75) is 37.9 Å². The van der Waals surface area contributed by atoms with Crippen LogP contribution in [0.1, 0.15) is 24.8 Å². The van der Waals surface area contributed by atoms with E-state index in [0.29, 0.717) is 0 Å². The fourth-order valence-corrected chi connectivity index (χ4v) is 4.14. The molecule has 2 aliphatic rings.